The van der Waals surface area contributed by atoms with Crippen LogP contribution in [-0.4, -0.2) is 37.9 Å². The van der Waals surface area contributed by atoms with Crippen LogP contribution in [-0.2, 0) is 23.8 Å². The predicted molar refractivity (Wildman–Crippen MR) is 78.1 cm³/mol. The molecule has 0 aliphatic rings. The van der Waals surface area contributed by atoms with E-state index in [9.17, 15) is 14.4 Å². The van der Waals surface area contributed by atoms with Gasteiger partial charge in [0.2, 0.25) is 0 Å². The molecule has 0 saturated carbocycles. The highest BCUT2D eigenvalue weighted by atomic mass is 16.6. The van der Waals surface area contributed by atoms with Gasteiger partial charge < -0.3 is 14.2 Å². The maximum atomic E-state index is 11.6. The zero-order chi connectivity index (χ0) is 16.4. The quantitative estimate of drug-likeness (QED) is 0.490. The second-order valence-corrected chi connectivity index (χ2v) is 4.19. The molecule has 7 heteroatoms. The second-order valence-electron chi connectivity index (χ2n) is 4.19. The summed E-state index contributed by atoms with van der Waals surface area (Å²) < 4.78 is 14.1. The average Bonchev–Trinajstić information content (AvgIpc) is 2.51. The van der Waals surface area contributed by atoms with E-state index >= 15 is 0 Å². The summed E-state index contributed by atoms with van der Waals surface area (Å²) >= 11 is 0. The molecule has 1 aromatic rings. The van der Waals surface area contributed by atoms with Crippen molar-refractivity contribution in [3.8, 4) is 0 Å². The van der Waals surface area contributed by atoms with Crippen molar-refractivity contribution in [3.63, 3.8) is 0 Å². The molecule has 22 heavy (non-hydrogen) atoms. The Labute approximate surface area is 127 Å². The van der Waals surface area contributed by atoms with Gasteiger partial charge in [-0.3, -0.25) is 5.32 Å². The minimum atomic E-state index is -0.732. The zero-order valence-corrected chi connectivity index (χ0v) is 12.3. The molecule has 1 amide bonds. The zero-order valence-electron chi connectivity index (χ0n) is 12.3. The van der Waals surface area contributed by atoms with E-state index in [1.54, 1.807) is 31.2 Å². The number of anilines is 1. The highest BCUT2D eigenvalue weighted by molar-refractivity contribution is 5.91. The summed E-state index contributed by atoms with van der Waals surface area (Å²) in [5, 5.41) is 2.53. The number of nitrogens with one attached hydrogen (secondary N) is 1. The van der Waals surface area contributed by atoms with E-state index in [4.69, 9.17) is 9.47 Å². The van der Waals surface area contributed by atoms with Gasteiger partial charge in [0.15, 0.2) is 0 Å². The summed E-state index contributed by atoms with van der Waals surface area (Å²) in [6, 6.07) is 8.79. The fourth-order valence-corrected chi connectivity index (χ4v) is 1.34. The molecule has 1 N–H and O–H groups in total. The Hall–Kier alpha value is -2.83. The summed E-state index contributed by atoms with van der Waals surface area (Å²) in [7, 11) is 1.19. The number of amides is 1. The average molecular weight is 307 g/mol. The molecule has 0 heterocycles. The van der Waals surface area contributed by atoms with Gasteiger partial charge in [-0.25, -0.2) is 14.4 Å². The standard InChI is InChI=1S/C15H17NO6/c1-11(10-21-14(18)9-8-13(17)20-2)22-15(19)16-12-6-4-3-5-7-12/h3-9,11H,10H2,1-2H3,(H,16,19)/b9-8+/t11-/m1/s1. The number of hydrogen-bond acceptors (Lipinski definition) is 6. The number of benzene rings is 1. The Kier molecular flexibility index (Phi) is 7.18. The molecule has 0 radical (unpaired) electrons. The summed E-state index contributed by atoms with van der Waals surface area (Å²) in [6.07, 6.45) is 0.581. The van der Waals surface area contributed by atoms with Gasteiger partial charge in [-0.05, 0) is 19.1 Å². The third-order valence-corrected chi connectivity index (χ3v) is 2.35. The normalized spacial score (nSPS) is 11.5. The van der Waals surface area contributed by atoms with E-state index in [-0.39, 0.29) is 6.61 Å². The van der Waals surface area contributed by atoms with E-state index in [2.05, 4.69) is 10.1 Å². The first-order valence-electron chi connectivity index (χ1n) is 6.46. The van der Waals surface area contributed by atoms with Gasteiger partial charge in [0.05, 0.1) is 7.11 Å². The highest BCUT2D eigenvalue weighted by Crippen LogP contribution is 2.06. The molecule has 0 aliphatic heterocycles. The van der Waals surface area contributed by atoms with Crippen LogP contribution >= 0.6 is 0 Å². The number of methoxy groups -OCH3 is 1. The molecule has 1 aromatic carbocycles. The molecule has 0 fully saturated rings. The van der Waals surface area contributed by atoms with Crippen molar-refractivity contribution in [1.82, 2.24) is 0 Å². The predicted octanol–water partition coefficient (Wildman–Crippen LogP) is 1.90. The third-order valence-electron chi connectivity index (χ3n) is 2.35. The van der Waals surface area contributed by atoms with E-state index in [1.807, 2.05) is 6.07 Å². The van der Waals surface area contributed by atoms with Crippen LogP contribution in [0.15, 0.2) is 42.5 Å². The van der Waals surface area contributed by atoms with Crippen molar-refractivity contribution in [3.05, 3.63) is 42.5 Å². The second kappa shape index (κ2) is 9.17. The number of rotatable bonds is 6. The summed E-state index contributed by atoms with van der Waals surface area (Å²) in [4.78, 5) is 33.6. The number of esters is 2. The van der Waals surface area contributed by atoms with Crippen molar-refractivity contribution in [2.75, 3.05) is 19.0 Å². The third kappa shape index (κ3) is 7.09. The molecule has 0 aliphatic carbocycles. The van der Waals surface area contributed by atoms with Gasteiger partial charge in [0, 0.05) is 17.8 Å². The fourth-order valence-electron chi connectivity index (χ4n) is 1.34. The fraction of sp³-hybridized carbons (Fsp3) is 0.267. The molecular formula is C15H17NO6. The van der Waals surface area contributed by atoms with Crippen LogP contribution in [0.3, 0.4) is 0 Å². The van der Waals surface area contributed by atoms with Gasteiger partial charge in [0.25, 0.3) is 0 Å². The van der Waals surface area contributed by atoms with Gasteiger partial charge in [-0.1, -0.05) is 18.2 Å². The van der Waals surface area contributed by atoms with Crippen molar-refractivity contribution in [2.24, 2.45) is 0 Å². The van der Waals surface area contributed by atoms with E-state index in [0.29, 0.717) is 5.69 Å². The maximum absolute atomic E-state index is 11.6. The molecule has 7 nitrogen and oxygen atoms in total. The summed E-state index contributed by atoms with van der Waals surface area (Å²) in [6.45, 7) is 1.44. The Morgan fingerprint density at radius 2 is 1.77 bits per heavy atom. The largest absolute Gasteiger partial charge is 0.466 e. The van der Waals surface area contributed by atoms with E-state index < -0.39 is 24.1 Å². The van der Waals surface area contributed by atoms with Crippen LogP contribution in [0.25, 0.3) is 0 Å². The number of carbonyl (C=O) groups is 3. The molecular weight excluding hydrogens is 290 g/mol. The molecule has 0 saturated heterocycles. The molecule has 0 bridgehead atoms. The maximum Gasteiger partial charge on any atom is 0.412 e. The molecule has 1 rings (SSSR count). The van der Waals surface area contributed by atoms with Gasteiger partial charge >= 0.3 is 18.0 Å². The Bertz CT molecular complexity index is 540. The molecule has 0 aromatic heterocycles. The minimum absolute atomic E-state index is 0.132. The van der Waals surface area contributed by atoms with Crippen molar-refractivity contribution < 1.29 is 28.6 Å². The van der Waals surface area contributed by atoms with Crippen molar-refractivity contribution in [1.29, 1.82) is 0 Å². The van der Waals surface area contributed by atoms with Crippen molar-refractivity contribution >= 4 is 23.7 Å². The van der Waals surface area contributed by atoms with Gasteiger partial charge in [-0.2, -0.15) is 0 Å². The Morgan fingerprint density at radius 3 is 2.41 bits per heavy atom. The molecule has 0 spiro atoms. The molecule has 118 valence electrons. The summed E-state index contributed by atoms with van der Waals surface area (Å²) in [5.41, 5.74) is 0.595. The van der Waals surface area contributed by atoms with Crippen LogP contribution in [0.2, 0.25) is 0 Å². The Morgan fingerprint density at radius 1 is 1.14 bits per heavy atom. The summed E-state index contributed by atoms with van der Waals surface area (Å²) in [5.74, 6) is -1.40. The number of hydrogen-bond donors (Lipinski definition) is 1. The van der Waals surface area contributed by atoms with Crippen LogP contribution in [0, 0.1) is 0 Å². The SMILES string of the molecule is COC(=O)/C=C/C(=O)OC[C@@H](C)OC(=O)Nc1ccccc1. The Balaban J connectivity index is 2.29. The highest BCUT2D eigenvalue weighted by Gasteiger charge is 2.11. The van der Waals surface area contributed by atoms with Gasteiger partial charge in [0.1, 0.15) is 12.7 Å². The lowest BCUT2D eigenvalue weighted by molar-refractivity contribution is -0.141. The lowest BCUT2D eigenvalue weighted by atomic mass is 10.3. The number of carbonyl (C=O) groups excluding carboxylic acids is 3. The first kappa shape index (κ1) is 17.2. The smallest absolute Gasteiger partial charge is 0.412 e. The molecule has 0 unspecified atom stereocenters. The topological polar surface area (TPSA) is 90.9 Å². The first-order chi connectivity index (χ1) is 10.5. The van der Waals surface area contributed by atoms with Crippen LogP contribution in [0.4, 0.5) is 10.5 Å². The van der Waals surface area contributed by atoms with Crippen LogP contribution in [0.5, 0.6) is 0 Å². The lowest BCUT2D eigenvalue weighted by Crippen LogP contribution is -2.25. The number of ether oxygens (including phenoxy) is 3. The van der Waals surface area contributed by atoms with E-state index in [1.165, 1.54) is 7.11 Å². The molecule has 1 atom stereocenters. The monoisotopic (exact) mass is 307 g/mol. The van der Waals surface area contributed by atoms with Crippen LogP contribution < -0.4 is 5.32 Å². The van der Waals surface area contributed by atoms with Crippen molar-refractivity contribution in [2.45, 2.75) is 13.0 Å². The van der Waals surface area contributed by atoms with Crippen LogP contribution in [0.1, 0.15) is 6.92 Å². The minimum Gasteiger partial charge on any atom is -0.466 e. The lowest BCUT2D eigenvalue weighted by Gasteiger charge is -2.13. The first-order valence-corrected chi connectivity index (χ1v) is 6.46. The number of para-hydroxylation sites is 1. The van der Waals surface area contributed by atoms with E-state index in [0.717, 1.165) is 12.2 Å². The van der Waals surface area contributed by atoms with Gasteiger partial charge in [-0.15, -0.1) is 0 Å².